The average molecular weight is 339 g/mol. The van der Waals surface area contributed by atoms with E-state index in [1.54, 1.807) is 23.6 Å². The van der Waals surface area contributed by atoms with Gasteiger partial charge in [0.1, 0.15) is 0 Å². The molecule has 3 rings (SSSR count). The van der Waals surface area contributed by atoms with Crippen molar-refractivity contribution in [3.63, 3.8) is 0 Å². The first-order valence-corrected chi connectivity index (χ1v) is 8.55. The molecule has 0 radical (unpaired) electrons. The van der Waals surface area contributed by atoms with E-state index < -0.39 is 4.92 Å². The van der Waals surface area contributed by atoms with Crippen molar-refractivity contribution in [2.45, 2.75) is 19.4 Å². The quantitative estimate of drug-likeness (QED) is 0.516. The summed E-state index contributed by atoms with van der Waals surface area (Å²) in [5, 5.41) is 16.5. The van der Waals surface area contributed by atoms with Gasteiger partial charge in [-0.25, -0.2) is 4.98 Å². The maximum atomic E-state index is 11.2. The lowest BCUT2D eigenvalue weighted by Crippen LogP contribution is -2.13. The molecule has 1 atom stereocenters. The molecule has 0 aliphatic heterocycles. The van der Waals surface area contributed by atoms with Gasteiger partial charge in [-0.15, -0.1) is 11.3 Å². The summed E-state index contributed by atoms with van der Waals surface area (Å²) in [7, 11) is 0. The molecule has 2 aromatic heterocycles. The van der Waals surface area contributed by atoms with Gasteiger partial charge in [-0.05, 0) is 35.1 Å². The Kier molecular flexibility index (Phi) is 4.86. The van der Waals surface area contributed by atoms with Crippen molar-refractivity contribution in [1.29, 1.82) is 0 Å². The van der Waals surface area contributed by atoms with Crippen molar-refractivity contribution in [1.82, 2.24) is 4.98 Å². The van der Waals surface area contributed by atoms with Crippen molar-refractivity contribution in [3.05, 3.63) is 86.2 Å². The van der Waals surface area contributed by atoms with Crippen molar-refractivity contribution in [3.8, 4) is 0 Å². The minimum absolute atomic E-state index is 0.0239. The van der Waals surface area contributed by atoms with E-state index in [4.69, 9.17) is 0 Å². The monoisotopic (exact) mass is 339 g/mol. The minimum atomic E-state index is -0.416. The number of hydrogen-bond donors (Lipinski definition) is 1. The fourth-order valence-corrected chi connectivity index (χ4v) is 3.31. The number of nitrogens with zero attached hydrogens (tertiary/aromatic N) is 2. The molecule has 0 saturated heterocycles. The van der Waals surface area contributed by atoms with Crippen LogP contribution in [0.3, 0.4) is 0 Å². The Bertz CT molecular complexity index is 817. The number of aryl methyl sites for hydroxylation is 1. The van der Waals surface area contributed by atoms with Crippen LogP contribution in [0.2, 0.25) is 0 Å². The largest absolute Gasteiger partial charge is 0.353 e. The Morgan fingerprint density at radius 3 is 2.62 bits per heavy atom. The number of hydrogen-bond acceptors (Lipinski definition) is 5. The van der Waals surface area contributed by atoms with Crippen LogP contribution in [-0.4, -0.2) is 9.91 Å². The Balaban J connectivity index is 1.99. The third kappa shape index (κ3) is 3.44. The lowest BCUT2D eigenvalue weighted by Gasteiger charge is -2.19. The van der Waals surface area contributed by atoms with E-state index in [1.807, 2.05) is 17.5 Å². The lowest BCUT2D eigenvalue weighted by molar-refractivity contribution is -0.384. The Morgan fingerprint density at radius 1 is 1.21 bits per heavy atom. The van der Waals surface area contributed by atoms with E-state index in [-0.39, 0.29) is 17.5 Å². The number of nitrogens with one attached hydrogen (secondary N) is 1. The van der Waals surface area contributed by atoms with Crippen LogP contribution < -0.4 is 5.32 Å². The maximum absolute atomic E-state index is 11.2. The van der Waals surface area contributed by atoms with Crippen LogP contribution in [0, 0.1) is 10.1 Å². The zero-order chi connectivity index (χ0) is 16.9. The summed E-state index contributed by atoms with van der Waals surface area (Å²) < 4.78 is 0. The molecule has 5 nitrogen and oxygen atoms in total. The summed E-state index contributed by atoms with van der Waals surface area (Å²) in [6.07, 6.45) is 2.53. The fraction of sp³-hybridized carbons (Fsp3) is 0.167. The number of rotatable bonds is 6. The number of aromatic nitrogens is 1. The number of nitro groups is 1. The molecule has 0 saturated carbocycles. The molecule has 0 aliphatic rings. The Morgan fingerprint density at radius 2 is 2.00 bits per heavy atom. The van der Waals surface area contributed by atoms with Gasteiger partial charge in [-0.2, -0.15) is 0 Å². The summed E-state index contributed by atoms with van der Waals surface area (Å²) in [4.78, 5) is 16.1. The van der Waals surface area contributed by atoms with E-state index in [0.29, 0.717) is 0 Å². The van der Waals surface area contributed by atoms with Gasteiger partial charge in [0.05, 0.1) is 11.0 Å². The number of thiophene rings is 1. The van der Waals surface area contributed by atoms with Crippen LogP contribution in [0.5, 0.6) is 0 Å². The van der Waals surface area contributed by atoms with E-state index in [1.165, 1.54) is 11.6 Å². The topological polar surface area (TPSA) is 68.1 Å². The molecule has 0 aliphatic carbocycles. The molecule has 0 fully saturated rings. The van der Waals surface area contributed by atoms with Crippen LogP contribution in [-0.2, 0) is 6.42 Å². The molecule has 1 aromatic carbocycles. The van der Waals surface area contributed by atoms with Crippen molar-refractivity contribution >= 4 is 22.8 Å². The predicted molar refractivity (Wildman–Crippen MR) is 96.5 cm³/mol. The highest BCUT2D eigenvalue weighted by Crippen LogP contribution is 2.32. The van der Waals surface area contributed by atoms with Crippen molar-refractivity contribution in [2.75, 3.05) is 5.32 Å². The third-order valence-electron chi connectivity index (χ3n) is 3.81. The number of anilines is 1. The first-order chi connectivity index (χ1) is 11.7. The Labute approximate surface area is 144 Å². The van der Waals surface area contributed by atoms with E-state index in [2.05, 4.69) is 41.5 Å². The first kappa shape index (κ1) is 16.1. The molecular formula is C18H17N3O2S. The molecule has 24 heavy (non-hydrogen) atoms. The summed E-state index contributed by atoms with van der Waals surface area (Å²) in [6, 6.07) is 15.1. The van der Waals surface area contributed by atoms with Gasteiger partial charge in [0.2, 0.25) is 5.82 Å². The molecule has 0 unspecified atom stereocenters. The van der Waals surface area contributed by atoms with Gasteiger partial charge in [0.15, 0.2) is 0 Å². The molecule has 3 aromatic rings. The van der Waals surface area contributed by atoms with Gasteiger partial charge >= 0.3 is 5.69 Å². The zero-order valence-electron chi connectivity index (χ0n) is 13.2. The molecule has 1 N–H and O–H groups in total. The van der Waals surface area contributed by atoms with E-state index in [0.717, 1.165) is 16.9 Å². The van der Waals surface area contributed by atoms with Gasteiger partial charge < -0.3 is 5.32 Å². The highest BCUT2D eigenvalue weighted by atomic mass is 32.1. The van der Waals surface area contributed by atoms with Gasteiger partial charge in [0.25, 0.3) is 0 Å². The molecular weight excluding hydrogens is 322 g/mol. The summed E-state index contributed by atoms with van der Waals surface area (Å²) in [5.41, 5.74) is 2.28. The number of benzene rings is 1. The summed E-state index contributed by atoms with van der Waals surface area (Å²) >= 11 is 1.61. The van der Waals surface area contributed by atoms with Crippen molar-refractivity contribution < 1.29 is 4.92 Å². The van der Waals surface area contributed by atoms with Crippen LogP contribution in [0.4, 0.5) is 11.5 Å². The van der Waals surface area contributed by atoms with E-state index in [9.17, 15) is 10.1 Å². The Hall–Kier alpha value is -2.73. The second kappa shape index (κ2) is 7.23. The van der Waals surface area contributed by atoms with Crippen LogP contribution in [0.1, 0.15) is 29.0 Å². The third-order valence-corrected chi connectivity index (χ3v) is 4.75. The average Bonchev–Trinajstić information content (AvgIpc) is 3.14. The first-order valence-electron chi connectivity index (χ1n) is 7.67. The molecule has 0 bridgehead atoms. The van der Waals surface area contributed by atoms with E-state index >= 15 is 0 Å². The number of pyridine rings is 1. The highest BCUT2D eigenvalue weighted by molar-refractivity contribution is 7.10. The van der Waals surface area contributed by atoms with Crippen molar-refractivity contribution in [2.24, 2.45) is 0 Å². The van der Waals surface area contributed by atoms with Crippen LogP contribution in [0.15, 0.2) is 60.1 Å². The predicted octanol–water partition coefficient (Wildman–Crippen LogP) is 4.82. The minimum Gasteiger partial charge on any atom is -0.353 e. The smallest absolute Gasteiger partial charge is 0.311 e. The zero-order valence-corrected chi connectivity index (χ0v) is 14.0. The summed E-state index contributed by atoms with van der Waals surface area (Å²) in [5.74, 6) is 0.278. The van der Waals surface area contributed by atoms with Gasteiger partial charge in [-0.3, -0.25) is 10.1 Å². The normalized spacial score (nSPS) is 11.9. The fourth-order valence-electron chi connectivity index (χ4n) is 2.51. The molecule has 0 spiro atoms. The molecule has 2 heterocycles. The molecule has 6 heteroatoms. The van der Waals surface area contributed by atoms with Gasteiger partial charge in [0, 0.05) is 17.1 Å². The second-order valence-electron chi connectivity index (χ2n) is 5.32. The van der Waals surface area contributed by atoms with Crippen LogP contribution >= 0.6 is 11.3 Å². The maximum Gasteiger partial charge on any atom is 0.311 e. The van der Waals surface area contributed by atoms with Gasteiger partial charge in [-0.1, -0.05) is 37.3 Å². The lowest BCUT2D eigenvalue weighted by atomic mass is 10.0. The SMILES string of the molecule is CCc1ccc([C@H](Nc2ncccc2[N+](=O)[O-])c2cccs2)cc1. The highest BCUT2D eigenvalue weighted by Gasteiger charge is 2.21. The second-order valence-corrected chi connectivity index (χ2v) is 6.30. The summed E-state index contributed by atoms with van der Waals surface area (Å²) in [6.45, 7) is 2.11. The van der Waals surface area contributed by atoms with Crippen LogP contribution in [0.25, 0.3) is 0 Å². The molecule has 0 amide bonds. The molecule has 122 valence electrons. The standard InChI is InChI=1S/C18H17N3O2S/c1-2-13-7-9-14(10-8-13)17(16-6-4-12-24-16)20-18-15(21(22)23)5-3-11-19-18/h3-12,17H,2H2,1H3,(H,19,20)/t17-/m0/s1.